The van der Waals surface area contributed by atoms with Crippen molar-refractivity contribution in [3.05, 3.63) is 0 Å². The van der Waals surface area contributed by atoms with Crippen LogP contribution >= 0.6 is 0 Å². The van der Waals surface area contributed by atoms with Gasteiger partial charge in [-0.1, -0.05) is 6.92 Å². The van der Waals surface area contributed by atoms with Crippen LogP contribution in [0.15, 0.2) is 0 Å². The molecule has 3 nitrogen and oxygen atoms in total. The van der Waals surface area contributed by atoms with Crippen LogP contribution in [0.3, 0.4) is 0 Å². The molecule has 1 aliphatic rings. The molecule has 0 aromatic rings. The van der Waals surface area contributed by atoms with E-state index in [2.05, 4.69) is 24.1 Å². The van der Waals surface area contributed by atoms with E-state index in [-0.39, 0.29) is 0 Å². The Morgan fingerprint density at radius 3 is 2.31 bits per heavy atom. The smallest absolute Gasteiger partial charge is 0.0362 e. The molecule has 0 spiro atoms. The first-order valence-electron chi connectivity index (χ1n) is 6.45. The standard InChI is InChI=1S/C12H26N2OS/c1-4-16(15)10-9-14-7-5-11(2)13-12(3)6-8-14/h11-13H,4-10H2,1-3H3. The van der Waals surface area contributed by atoms with E-state index in [1.807, 2.05) is 6.92 Å². The van der Waals surface area contributed by atoms with Crippen LogP contribution in [0.25, 0.3) is 0 Å². The maximum absolute atomic E-state index is 11.4. The summed E-state index contributed by atoms with van der Waals surface area (Å²) in [6, 6.07) is 1.21. The first-order chi connectivity index (χ1) is 7.61. The van der Waals surface area contributed by atoms with Gasteiger partial charge in [0, 0.05) is 40.9 Å². The van der Waals surface area contributed by atoms with Gasteiger partial charge in [-0.25, -0.2) is 0 Å². The van der Waals surface area contributed by atoms with Gasteiger partial charge in [-0.05, 0) is 39.8 Å². The molecular weight excluding hydrogens is 220 g/mol. The fourth-order valence-corrected chi connectivity index (χ4v) is 2.87. The highest BCUT2D eigenvalue weighted by Crippen LogP contribution is 2.06. The van der Waals surface area contributed by atoms with Gasteiger partial charge in [0.25, 0.3) is 0 Å². The molecular formula is C12H26N2OS. The van der Waals surface area contributed by atoms with Crippen LogP contribution in [-0.2, 0) is 10.8 Å². The maximum Gasteiger partial charge on any atom is 0.0362 e. The Morgan fingerprint density at radius 1 is 1.25 bits per heavy atom. The van der Waals surface area contributed by atoms with Crippen LogP contribution in [0.4, 0.5) is 0 Å². The maximum atomic E-state index is 11.4. The minimum Gasteiger partial charge on any atom is -0.312 e. The Kier molecular flexibility index (Phi) is 6.54. The summed E-state index contributed by atoms with van der Waals surface area (Å²) in [4.78, 5) is 2.47. The molecule has 96 valence electrons. The van der Waals surface area contributed by atoms with Crippen molar-refractivity contribution in [2.45, 2.75) is 45.7 Å². The van der Waals surface area contributed by atoms with Gasteiger partial charge >= 0.3 is 0 Å². The monoisotopic (exact) mass is 246 g/mol. The summed E-state index contributed by atoms with van der Waals surface area (Å²) in [6.45, 7) is 9.79. The van der Waals surface area contributed by atoms with Gasteiger partial charge in [0.05, 0.1) is 0 Å². The SMILES string of the molecule is CCS(=O)CCN1CCC(C)NC(C)CC1. The molecule has 0 aromatic carbocycles. The average Bonchev–Trinajstić information content (AvgIpc) is 2.25. The lowest BCUT2D eigenvalue weighted by Gasteiger charge is -2.30. The van der Waals surface area contributed by atoms with E-state index in [0.717, 1.165) is 31.1 Å². The Hall–Kier alpha value is 0.0700. The lowest BCUT2D eigenvalue weighted by atomic mass is 10.1. The summed E-state index contributed by atoms with van der Waals surface area (Å²) in [7, 11) is -0.613. The molecule has 3 unspecified atom stereocenters. The Balaban J connectivity index is 2.32. The van der Waals surface area contributed by atoms with Gasteiger partial charge in [0.15, 0.2) is 0 Å². The summed E-state index contributed by atoms with van der Waals surface area (Å²) in [5.41, 5.74) is 0. The zero-order valence-corrected chi connectivity index (χ0v) is 11.7. The van der Waals surface area contributed by atoms with E-state index >= 15 is 0 Å². The highest BCUT2D eigenvalue weighted by Gasteiger charge is 2.15. The van der Waals surface area contributed by atoms with Crippen molar-refractivity contribution in [2.75, 3.05) is 31.1 Å². The van der Waals surface area contributed by atoms with Gasteiger partial charge in [-0.3, -0.25) is 4.21 Å². The molecule has 0 radical (unpaired) electrons. The normalized spacial score (nSPS) is 30.7. The van der Waals surface area contributed by atoms with Gasteiger partial charge in [0.1, 0.15) is 0 Å². The van der Waals surface area contributed by atoms with Crippen LogP contribution in [0.5, 0.6) is 0 Å². The van der Waals surface area contributed by atoms with Gasteiger partial charge in [0.2, 0.25) is 0 Å². The molecule has 0 amide bonds. The minimum atomic E-state index is -0.613. The van der Waals surface area contributed by atoms with Crippen molar-refractivity contribution in [1.29, 1.82) is 0 Å². The average molecular weight is 246 g/mol. The topological polar surface area (TPSA) is 32.3 Å². The number of rotatable bonds is 4. The fraction of sp³-hybridized carbons (Fsp3) is 1.00. The van der Waals surface area contributed by atoms with Crippen molar-refractivity contribution >= 4 is 10.8 Å². The Labute approximate surface area is 102 Å². The molecule has 4 heteroatoms. The third kappa shape index (κ3) is 5.41. The number of hydrogen-bond donors (Lipinski definition) is 1. The van der Waals surface area contributed by atoms with Crippen LogP contribution in [0.1, 0.15) is 33.6 Å². The van der Waals surface area contributed by atoms with Gasteiger partial charge in [-0.2, -0.15) is 0 Å². The van der Waals surface area contributed by atoms with Crippen molar-refractivity contribution in [2.24, 2.45) is 0 Å². The van der Waals surface area contributed by atoms with E-state index in [4.69, 9.17) is 0 Å². The van der Waals surface area contributed by atoms with Crippen molar-refractivity contribution in [3.63, 3.8) is 0 Å². The van der Waals surface area contributed by atoms with Gasteiger partial charge in [-0.15, -0.1) is 0 Å². The fourth-order valence-electron chi connectivity index (χ4n) is 2.12. The number of nitrogens with one attached hydrogen (secondary N) is 1. The van der Waals surface area contributed by atoms with Crippen LogP contribution in [0, 0.1) is 0 Å². The molecule has 0 aliphatic carbocycles. The van der Waals surface area contributed by atoms with Crippen LogP contribution < -0.4 is 5.32 Å². The first-order valence-corrected chi connectivity index (χ1v) is 7.94. The molecule has 1 heterocycles. The summed E-state index contributed by atoms with van der Waals surface area (Å²) < 4.78 is 11.4. The summed E-state index contributed by atoms with van der Waals surface area (Å²) in [6.07, 6.45) is 2.40. The summed E-state index contributed by atoms with van der Waals surface area (Å²) in [5, 5.41) is 3.59. The molecule has 1 N–H and O–H groups in total. The lowest BCUT2D eigenvalue weighted by Crippen LogP contribution is -2.43. The Morgan fingerprint density at radius 2 is 1.81 bits per heavy atom. The lowest BCUT2D eigenvalue weighted by molar-refractivity contribution is 0.229. The molecule has 1 rings (SSSR count). The molecule has 3 atom stereocenters. The second-order valence-corrected chi connectivity index (χ2v) is 6.69. The zero-order chi connectivity index (χ0) is 12.0. The van der Waals surface area contributed by atoms with E-state index in [9.17, 15) is 4.21 Å². The molecule has 1 fully saturated rings. The predicted molar refractivity (Wildman–Crippen MR) is 71.3 cm³/mol. The van der Waals surface area contributed by atoms with E-state index in [1.54, 1.807) is 0 Å². The van der Waals surface area contributed by atoms with Gasteiger partial charge < -0.3 is 10.2 Å². The third-order valence-corrected chi connectivity index (χ3v) is 4.56. The molecule has 16 heavy (non-hydrogen) atoms. The molecule has 1 aliphatic heterocycles. The second kappa shape index (κ2) is 7.41. The number of nitrogens with zero attached hydrogens (tertiary/aromatic N) is 1. The molecule has 0 saturated carbocycles. The molecule has 0 aromatic heterocycles. The van der Waals surface area contributed by atoms with Crippen molar-refractivity contribution in [1.82, 2.24) is 10.2 Å². The van der Waals surface area contributed by atoms with Crippen molar-refractivity contribution < 1.29 is 4.21 Å². The van der Waals surface area contributed by atoms with Crippen LogP contribution in [-0.4, -0.2) is 52.3 Å². The second-order valence-electron chi connectivity index (χ2n) is 4.82. The Bertz CT molecular complexity index is 211. The minimum absolute atomic E-state index is 0.606. The van der Waals surface area contributed by atoms with E-state index < -0.39 is 10.8 Å². The largest absolute Gasteiger partial charge is 0.312 e. The molecule has 1 saturated heterocycles. The predicted octanol–water partition coefficient (Wildman–Crippen LogP) is 1.22. The zero-order valence-electron chi connectivity index (χ0n) is 10.9. The van der Waals surface area contributed by atoms with Crippen molar-refractivity contribution in [3.8, 4) is 0 Å². The third-order valence-electron chi connectivity index (χ3n) is 3.28. The van der Waals surface area contributed by atoms with E-state index in [1.165, 1.54) is 12.8 Å². The number of hydrogen-bond acceptors (Lipinski definition) is 3. The van der Waals surface area contributed by atoms with E-state index in [0.29, 0.717) is 12.1 Å². The summed E-state index contributed by atoms with van der Waals surface area (Å²) >= 11 is 0. The first kappa shape index (κ1) is 14.1. The highest BCUT2D eigenvalue weighted by atomic mass is 32.2. The quantitative estimate of drug-likeness (QED) is 0.809. The summed E-state index contributed by atoms with van der Waals surface area (Å²) in [5.74, 6) is 1.63. The highest BCUT2D eigenvalue weighted by molar-refractivity contribution is 7.84. The molecule has 0 bridgehead atoms. The van der Waals surface area contributed by atoms with Crippen LogP contribution in [0.2, 0.25) is 0 Å².